The van der Waals surface area contributed by atoms with Crippen molar-refractivity contribution in [2.24, 2.45) is 0 Å². The summed E-state index contributed by atoms with van der Waals surface area (Å²) >= 11 is 1.34. The highest BCUT2D eigenvalue weighted by Crippen LogP contribution is 2.29. The van der Waals surface area contributed by atoms with Gasteiger partial charge in [0.1, 0.15) is 5.75 Å². The number of hydrogen-bond donors (Lipinski definition) is 1. The maximum Gasteiger partial charge on any atom is 0.257 e. The molecule has 1 fully saturated rings. The Kier molecular flexibility index (Phi) is 5.98. The summed E-state index contributed by atoms with van der Waals surface area (Å²) in [6.45, 7) is 4.31. The van der Waals surface area contributed by atoms with Gasteiger partial charge in [-0.25, -0.2) is 13.4 Å². The fourth-order valence-electron chi connectivity index (χ4n) is 3.51. The van der Waals surface area contributed by atoms with Crippen molar-refractivity contribution >= 4 is 42.6 Å². The van der Waals surface area contributed by atoms with E-state index in [0.717, 1.165) is 16.0 Å². The van der Waals surface area contributed by atoms with Gasteiger partial charge in [-0.3, -0.25) is 10.1 Å². The average Bonchev–Trinajstić information content (AvgIpc) is 3.14. The van der Waals surface area contributed by atoms with E-state index in [1.54, 1.807) is 7.11 Å². The Bertz CT molecular complexity index is 1200. The van der Waals surface area contributed by atoms with Crippen LogP contribution in [0, 0.1) is 0 Å². The van der Waals surface area contributed by atoms with Crippen LogP contribution in [0.25, 0.3) is 10.2 Å². The average molecular weight is 462 g/mol. The van der Waals surface area contributed by atoms with Gasteiger partial charge in [0.2, 0.25) is 10.0 Å². The second-order valence-corrected chi connectivity index (χ2v) is 10.4. The van der Waals surface area contributed by atoms with Crippen molar-refractivity contribution in [3.05, 3.63) is 48.0 Å². The van der Waals surface area contributed by atoms with Crippen LogP contribution in [0.1, 0.15) is 24.2 Å². The number of fused-ring (bicyclic) bond motifs is 1. The lowest BCUT2D eigenvalue weighted by Gasteiger charge is -2.34. The Morgan fingerprint density at radius 3 is 2.48 bits per heavy atom. The monoisotopic (exact) mass is 461 g/mol. The molecule has 2 aromatic carbocycles. The summed E-state index contributed by atoms with van der Waals surface area (Å²) in [5.41, 5.74) is 1.11. The molecular formula is C21H23N3O5S2. The summed E-state index contributed by atoms with van der Waals surface area (Å²) in [4.78, 5) is 17.2. The quantitative estimate of drug-likeness (QED) is 0.626. The molecule has 2 unspecified atom stereocenters. The molecule has 0 bridgehead atoms. The van der Waals surface area contributed by atoms with Crippen LogP contribution < -0.4 is 10.1 Å². The van der Waals surface area contributed by atoms with E-state index in [-0.39, 0.29) is 23.0 Å². The molecule has 1 N–H and O–H groups in total. The molecule has 0 spiro atoms. The van der Waals surface area contributed by atoms with Gasteiger partial charge in [-0.1, -0.05) is 11.3 Å². The van der Waals surface area contributed by atoms with Crippen LogP contribution in [0.15, 0.2) is 47.4 Å². The highest BCUT2D eigenvalue weighted by Gasteiger charge is 2.32. The number of ether oxygens (including phenoxy) is 2. The van der Waals surface area contributed by atoms with E-state index in [0.29, 0.717) is 23.8 Å². The summed E-state index contributed by atoms with van der Waals surface area (Å²) < 4.78 is 39.1. The molecule has 4 rings (SSSR count). The number of benzene rings is 2. The lowest BCUT2D eigenvalue weighted by Crippen LogP contribution is -2.48. The van der Waals surface area contributed by atoms with Crippen molar-refractivity contribution in [2.75, 3.05) is 25.5 Å². The highest BCUT2D eigenvalue weighted by molar-refractivity contribution is 7.89. The largest absolute Gasteiger partial charge is 0.497 e. The first-order chi connectivity index (χ1) is 14.8. The predicted octanol–water partition coefficient (Wildman–Crippen LogP) is 3.36. The molecule has 1 aromatic heterocycles. The van der Waals surface area contributed by atoms with Crippen molar-refractivity contribution in [1.82, 2.24) is 9.29 Å². The van der Waals surface area contributed by atoms with Crippen molar-refractivity contribution < 1.29 is 22.7 Å². The predicted molar refractivity (Wildman–Crippen MR) is 119 cm³/mol. The molecule has 0 saturated carbocycles. The lowest BCUT2D eigenvalue weighted by molar-refractivity contribution is -0.0440. The maximum absolute atomic E-state index is 13.0. The first-order valence-corrected chi connectivity index (χ1v) is 12.0. The number of carbonyl (C=O) groups is 1. The number of anilines is 1. The Morgan fingerprint density at radius 2 is 1.84 bits per heavy atom. The molecule has 0 aliphatic carbocycles. The zero-order chi connectivity index (χ0) is 22.2. The van der Waals surface area contributed by atoms with E-state index >= 15 is 0 Å². The van der Waals surface area contributed by atoms with Gasteiger partial charge in [-0.2, -0.15) is 4.31 Å². The van der Waals surface area contributed by atoms with Crippen molar-refractivity contribution in [2.45, 2.75) is 31.0 Å². The zero-order valence-electron chi connectivity index (χ0n) is 17.4. The molecule has 1 amide bonds. The Labute approximate surface area is 184 Å². The number of amides is 1. The van der Waals surface area contributed by atoms with Crippen LogP contribution in [0.2, 0.25) is 0 Å². The summed E-state index contributed by atoms with van der Waals surface area (Å²) in [6, 6.07) is 11.4. The van der Waals surface area contributed by atoms with Crippen molar-refractivity contribution in [3.63, 3.8) is 0 Å². The lowest BCUT2D eigenvalue weighted by atomic mass is 10.2. The standard InChI is InChI=1S/C21H23N3O5S2/c1-13-11-24(12-14(2)29-13)31(26,27)17-7-4-15(5-8-17)20(25)23-21-22-18-9-6-16(28-3)10-19(18)30-21/h4-10,13-14H,11-12H2,1-3H3,(H,22,23,25). The van der Waals surface area contributed by atoms with Crippen molar-refractivity contribution in [3.8, 4) is 5.75 Å². The van der Waals surface area contributed by atoms with Gasteiger partial charge in [0.25, 0.3) is 5.91 Å². The Morgan fingerprint density at radius 1 is 1.16 bits per heavy atom. The second kappa shape index (κ2) is 8.54. The molecule has 2 heterocycles. The normalized spacial score (nSPS) is 20.0. The summed E-state index contributed by atoms with van der Waals surface area (Å²) in [7, 11) is -2.06. The van der Waals surface area contributed by atoms with Gasteiger partial charge in [0, 0.05) is 18.7 Å². The molecule has 164 valence electrons. The van der Waals surface area contributed by atoms with Gasteiger partial charge in [0.05, 0.1) is 34.4 Å². The molecule has 1 saturated heterocycles. The summed E-state index contributed by atoms with van der Waals surface area (Å²) in [5, 5.41) is 3.23. The first-order valence-electron chi connectivity index (χ1n) is 9.78. The van der Waals surface area contributed by atoms with E-state index in [2.05, 4.69) is 10.3 Å². The van der Waals surface area contributed by atoms with E-state index in [9.17, 15) is 13.2 Å². The van der Waals surface area contributed by atoms with Crippen LogP contribution >= 0.6 is 11.3 Å². The number of carbonyl (C=O) groups excluding carboxylic acids is 1. The SMILES string of the molecule is COc1ccc2nc(NC(=O)c3ccc(S(=O)(=O)N4CC(C)OC(C)C4)cc3)sc2c1. The minimum atomic E-state index is -3.65. The first kappa shape index (κ1) is 21.7. The number of nitrogens with one attached hydrogen (secondary N) is 1. The number of morpholine rings is 1. The highest BCUT2D eigenvalue weighted by atomic mass is 32.2. The fourth-order valence-corrected chi connectivity index (χ4v) is 5.99. The fraction of sp³-hybridized carbons (Fsp3) is 0.333. The topological polar surface area (TPSA) is 97.8 Å². The minimum absolute atomic E-state index is 0.150. The smallest absolute Gasteiger partial charge is 0.257 e. The third kappa shape index (κ3) is 4.57. The van der Waals surface area contributed by atoms with Crippen LogP contribution in [0.3, 0.4) is 0 Å². The Balaban J connectivity index is 1.49. The molecule has 3 aromatic rings. The Hall–Kier alpha value is -2.53. The second-order valence-electron chi connectivity index (χ2n) is 7.41. The minimum Gasteiger partial charge on any atom is -0.497 e. The molecular weight excluding hydrogens is 438 g/mol. The number of methoxy groups -OCH3 is 1. The van der Waals surface area contributed by atoms with Gasteiger partial charge in [-0.15, -0.1) is 0 Å². The third-order valence-electron chi connectivity index (χ3n) is 4.96. The van der Waals surface area contributed by atoms with E-state index in [1.807, 2.05) is 32.0 Å². The van der Waals surface area contributed by atoms with E-state index in [1.165, 1.54) is 39.9 Å². The number of thiazole rings is 1. The van der Waals surface area contributed by atoms with E-state index in [4.69, 9.17) is 9.47 Å². The number of nitrogens with zero attached hydrogens (tertiary/aromatic N) is 2. The van der Waals surface area contributed by atoms with Crippen LogP contribution in [0.4, 0.5) is 5.13 Å². The van der Waals surface area contributed by atoms with Crippen molar-refractivity contribution in [1.29, 1.82) is 0 Å². The van der Waals surface area contributed by atoms with E-state index < -0.39 is 10.0 Å². The molecule has 2 atom stereocenters. The van der Waals surface area contributed by atoms with Gasteiger partial charge in [0.15, 0.2) is 5.13 Å². The van der Waals surface area contributed by atoms with Gasteiger partial charge >= 0.3 is 0 Å². The maximum atomic E-state index is 13.0. The number of sulfonamides is 1. The molecule has 10 heteroatoms. The van der Waals surface area contributed by atoms with Gasteiger partial charge in [-0.05, 0) is 56.3 Å². The van der Waals surface area contributed by atoms with Crippen LogP contribution in [-0.2, 0) is 14.8 Å². The molecule has 8 nitrogen and oxygen atoms in total. The number of rotatable bonds is 5. The summed E-state index contributed by atoms with van der Waals surface area (Å²) in [5.74, 6) is 0.360. The molecule has 1 aliphatic rings. The number of aromatic nitrogens is 1. The molecule has 31 heavy (non-hydrogen) atoms. The van der Waals surface area contributed by atoms with Crippen LogP contribution in [0.5, 0.6) is 5.75 Å². The third-order valence-corrected chi connectivity index (χ3v) is 7.74. The van der Waals surface area contributed by atoms with Crippen LogP contribution in [-0.4, -0.2) is 56.0 Å². The number of hydrogen-bond acceptors (Lipinski definition) is 7. The van der Waals surface area contributed by atoms with Gasteiger partial charge < -0.3 is 9.47 Å². The summed E-state index contributed by atoms with van der Waals surface area (Å²) in [6.07, 6.45) is -0.338. The molecule has 1 aliphatic heterocycles. The molecule has 0 radical (unpaired) electrons. The zero-order valence-corrected chi connectivity index (χ0v) is 19.0.